The third kappa shape index (κ3) is 1.19. The maximum atomic E-state index is 5.45. The standard InChI is InChI=1S/C9H11N3/c10-5-3-8-1-2-9-4-6-11-12(9)7-8/h1-2,4,6-7H,3,5,10H2. The number of pyridine rings is 1. The van der Waals surface area contributed by atoms with Crippen LogP contribution in [0.2, 0.25) is 0 Å². The SMILES string of the molecule is NCCc1ccc2ccnn2c1. The molecule has 2 rings (SSSR count). The minimum atomic E-state index is 0.687. The van der Waals surface area contributed by atoms with E-state index in [1.165, 1.54) is 5.56 Å². The number of hydrogen-bond donors (Lipinski definition) is 1. The minimum absolute atomic E-state index is 0.687. The smallest absolute Gasteiger partial charge is 0.0661 e. The van der Waals surface area contributed by atoms with Crippen molar-refractivity contribution < 1.29 is 0 Å². The van der Waals surface area contributed by atoms with Gasteiger partial charge in [-0.3, -0.25) is 0 Å². The zero-order valence-corrected chi connectivity index (χ0v) is 6.77. The van der Waals surface area contributed by atoms with E-state index in [9.17, 15) is 0 Å². The molecule has 2 aromatic heterocycles. The summed E-state index contributed by atoms with van der Waals surface area (Å²) < 4.78 is 1.87. The predicted octanol–water partition coefficient (Wildman–Crippen LogP) is 0.835. The van der Waals surface area contributed by atoms with Gasteiger partial charge in [-0.2, -0.15) is 5.10 Å². The summed E-state index contributed by atoms with van der Waals surface area (Å²) in [6, 6.07) is 6.12. The molecule has 0 aromatic carbocycles. The molecule has 0 spiro atoms. The van der Waals surface area contributed by atoms with Crippen molar-refractivity contribution in [2.24, 2.45) is 5.73 Å². The lowest BCUT2D eigenvalue weighted by Gasteiger charge is -1.98. The number of nitrogens with two attached hydrogens (primary N) is 1. The molecule has 0 saturated heterocycles. The van der Waals surface area contributed by atoms with Gasteiger partial charge in [0.1, 0.15) is 0 Å². The lowest BCUT2D eigenvalue weighted by molar-refractivity contribution is 0.906. The quantitative estimate of drug-likeness (QED) is 0.709. The normalized spacial score (nSPS) is 10.8. The summed E-state index contributed by atoms with van der Waals surface area (Å²) in [5, 5.41) is 4.14. The molecule has 0 aliphatic carbocycles. The van der Waals surface area contributed by atoms with E-state index in [1.807, 2.05) is 16.8 Å². The average Bonchev–Trinajstić information content (AvgIpc) is 2.51. The molecule has 0 amide bonds. The number of rotatable bonds is 2. The maximum absolute atomic E-state index is 5.45. The topological polar surface area (TPSA) is 43.3 Å². The van der Waals surface area contributed by atoms with Crippen LogP contribution in [-0.4, -0.2) is 16.2 Å². The van der Waals surface area contributed by atoms with E-state index in [2.05, 4.69) is 17.2 Å². The van der Waals surface area contributed by atoms with Crippen molar-refractivity contribution in [1.29, 1.82) is 0 Å². The van der Waals surface area contributed by atoms with Crippen LogP contribution in [-0.2, 0) is 6.42 Å². The van der Waals surface area contributed by atoms with Crippen LogP contribution < -0.4 is 5.73 Å². The van der Waals surface area contributed by atoms with Crippen LogP contribution in [0.25, 0.3) is 5.52 Å². The average molecular weight is 161 g/mol. The Bertz CT molecular complexity index is 378. The Morgan fingerprint density at radius 1 is 1.33 bits per heavy atom. The first-order valence-corrected chi connectivity index (χ1v) is 4.02. The van der Waals surface area contributed by atoms with Gasteiger partial charge in [0.05, 0.1) is 5.52 Å². The fraction of sp³-hybridized carbons (Fsp3) is 0.222. The Morgan fingerprint density at radius 2 is 2.25 bits per heavy atom. The van der Waals surface area contributed by atoms with Gasteiger partial charge in [0.25, 0.3) is 0 Å². The van der Waals surface area contributed by atoms with Gasteiger partial charge in [-0.15, -0.1) is 0 Å². The van der Waals surface area contributed by atoms with Gasteiger partial charge in [0, 0.05) is 12.4 Å². The van der Waals surface area contributed by atoms with Crippen LogP contribution in [0.4, 0.5) is 0 Å². The zero-order chi connectivity index (χ0) is 8.39. The van der Waals surface area contributed by atoms with Crippen LogP contribution in [0.3, 0.4) is 0 Å². The molecule has 0 aliphatic rings. The van der Waals surface area contributed by atoms with E-state index >= 15 is 0 Å². The van der Waals surface area contributed by atoms with Crippen molar-refractivity contribution in [2.75, 3.05) is 6.54 Å². The third-order valence-electron chi connectivity index (χ3n) is 1.89. The fourth-order valence-corrected chi connectivity index (χ4v) is 1.27. The molecule has 2 heterocycles. The number of hydrogen-bond acceptors (Lipinski definition) is 2. The first kappa shape index (κ1) is 7.31. The molecular weight excluding hydrogens is 150 g/mol. The van der Waals surface area contributed by atoms with Gasteiger partial charge in [0.2, 0.25) is 0 Å². The van der Waals surface area contributed by atoms with E-state index in [4.69, 9.17) is 5.73 Å². The maximum Gasteiger partial charge on any atom is 0.0661 e. The number of nitrogens with zero attached hydrogens (tertiary/aromatic N) is 2. The summed E-state index contributed by atoms with van der Waals surface area (Å²) >= 11 is 0. The summed E-state index contributed by atoms with van der Waals surface area (Å²) in [5.74, 6) is 0. The second kappa shape index (κ2) is 2.95. The zero-order valence-electron chi connectivity index (χ0n) is 6.77. The summed E-state index contributed by atoms with van der Waals surface area (Å²) in [7, 11) is 0. The molecule has 2 aromatic rings. The number of aromatic nitrogens is 2. The molecular formula is C9H11N3. The molecule has 62 valence electrons. The van der Waals surface area contributed by atoms with Crippen molar-refractivity contribution in [2.45, 2.75) is 6.42 Å². The van der Waals surface area contributed by atoms with E-state index in [-0.39, 0.29) is 0 Å². The number of fused-ring (bicyclic) bond motifs is 1. The van der Waals surface area contributed by atoms with Crippen molar-refractivity contribution in [3.63, 3.8) is 0 Å². The molecule has 0 radical (unpaired) electrons. The van der Waals surface area contributed by atoms with Crippen molar-refractivity contribution in [3.8, 4) is 0 Å². The molecule has 0 atom stereocenters. The Labute approximate surface area is 70.8 Å². The van der Waals surface area contributed by atoms with Crippen molar-refractivity contribution >= 4 is 5.52 Å². The summed E-state index contributed by atoms with van der Waals surface area (Å²) in [4.78, 5) is 0. The first-order valence-electron chi connectivity index (χ1n) is 4.02. The Balaban J connectivity index is 2.46. The van der Waals surface area contributed by atoms with Gasteiger partial charge >= 0.3 is 0 Å². The summed E-state index contributed by atoms with van der Waals surface area (Å²) in [5.41, 5.74) is 7.80. The lowest BCUT2D eigenvalue weighted by Crippen LogP contribution is -2.03. The van der Waals surface area contributed by atoms with Gasteiger partial charge in [0.15, 0.2) is 0 Å². The summed E-state index contributed by atoms with van der Waals surface area (Å²) in [6.45, 7) is 0.687. The van der Waals surface area contributed by atoms with Crippen LogP contribution >= 0.6 is 0 Å². The van der Waals surface area contributed by atoms with Crippen LogP contribution in [0.1, 0.15) is 5.56 Å². The first-order chi connectivity index (χ1) is 5.90. The molecule has 0 unspecified atom stereocenters. The Morgan fingerprint density at radius 3 is 3.08 bits per heavy atom. The largest absolute Gasteiger partial charge is 0.330 e. The second-order valence-electron chi connectivity index (χ2n) is 2.78. The minimum Gasteiger partial charge on any atom is -0.330 e. The Hall–Kier alpha value is -1.35. The van der Waals surface area contributed by atoms with Crippen LogP contribution in [0, 0.1) is 0 Å². The van der Waals surface area contributed by atoms with Gasteiger partial charge in [-0.05, 0) is 30.7 Å². The molecule has 0 saturated carbocycles. The second-order valence-corrected chi connectivity index (χ2v) is 2.78. The van der Waals surface area contributed by atoms with E-state index in [0.717, 1.165) is 11.9 Å². The summed E-state index contributed by atoms with van der Waals surface area (Å²) in [6.07, 6.45) is 4.72. The van der Waals surface area contributed by atoms with Crippen molar-refractivity contribution in [3.05, 3.63) is 36.2 Å². The van der Waals surface area contributed by atoms with E-state index < -0.39 is 0 Å². The van der Waals surface area contributed by atoms with Crippen LogP contribution in [0.5, 0.6) is 0 Å². The van der Waals surface area contributed by atoms with Crippen LogP contribution in [0.15, 0.2) is 30.6 Å². The predicted molar refractivity (Wildman–Crippen MR) is 48.0 cm³/mol. The molecule has 3 nitrogen and oxygen atoms in total. The van der Waals surface area contributed by atoms with E-state index in [1.54, 1.807) is 6.20 Å². The van der Waals surface area contributed by atoms with E-state index in [0.29, 0.717) is 6.54 Å². The molecule has 12 heavy (non-hydrogen) atoms. The highest BCUT2D eigenvalue weighted by Crippen LogP contribution is 2.05. The highest BCUT2D eigenvalue weighted by molar-refractivity contribution is 5.45. The van der Waals surface area contributed by atoms with Gasteiger partial charge in [-0.25, -0.2) is 4.52 Å². The molecule has 0 aliphatic heterocycles. The molecule has 3 heteroatoms. The highest BCUT2D eigenvalue weighted by Gasteiger charge is 1.94. The third-order valence-corrected chi connectivity index (χ3v) is 1.89. The molecule has 0 fully saturated rings. The monoisotopic (exact) mass is 161 g/mol. The van der Waals surface area contributed by atoms with Gasteiger partial charge < -0.3 is 5.73 Å². The lowest BCUT2D eigenvalue weighted by atomic mass is 10.2. The van der Waals surface area contributed by atoms with Gasteiger partial charge in [-0.1, -0.05) is 6.07 Å². The van der Waals surface area contributed by atoms with Crippen molar-refractivity contribution in [1.82, 2.24) is 9.61 Å². The Kier molecular flexibility index (Phi) is 1.80. The molecule has 0 bridgehead atoms. The fourth-order valence-electron chi connectivity index (χ4n) is 1.27. The molecule has 2 N–H and O–H groups in total. The highest BCUT2D eigenvalue weighted by atomic mass is 15.2.